The van der Waals surface area contributed by atoms with Gasteiger partial charge in [-0.15, -0.1) is 0 Å². The molecule has 2 fully saturated rings. The van der Waals surface area contributed by atoms with Crippen LogP contribution in [0.15, 0.2) is 49.1 Å². The van der Waals surface area contributed by atoms with E-state index < -0.39 is 17.7 Å². The number of likely N-dealkylation sites (tertiary alicyclic amines) is 1. The molecule has 43 heavy (non-hydrogen) atoms. The van der Waals surface area contributed by atoms with Gasteiger partial charge >= 0.3 is 6.09 Å². The number of amides is 2. The number of aryl methyl sites for hydroxylation is 1. The number of rotatable bonds is 4. The number of piperazine rings is 1. The van der Waals surface area contributed by atoms with Gasteiger partial charge < -0.3 is 18.9 Å². The highest BCUT2D eigenvalue weighted by Gasteiger charge is 2.44. The molecule has 3 aliphatic heterocycles. The van der Waals surface area contributed by atoms with E-state index in [1.165, 1.54) is 0 Å². The summed E-state index contributed by atoms with van der Waals surface area (Å²) in [7, 11) is 0. The normalized spacial score (nSPS) is 22.4. The van der Waals surface area contributed by atoms with Crippen molar-refractivity contribution >= 4 is 23.6 Å². The smallest absolute Gasteiger partial charge is 0.411 e. The van der Waals surface area contributed by atoms with Crippen LogP contribution in [0.5, 0.6) is 5.75 Å². The van der Waals surface area contributed by atoms with Crippen LogP contribution in [0, 0.1) is 12.8 Å². The molecule has 0 bridgehead atoms. The second-order valence-corrected chi connectivity index (χ2v) is 13.2. The largest absolute Gasteiger partial charge is 0.488 e. The van der Waals surface area contributed by atoms with E-state index in [0.717, 1.165) is 35.5 Å². The number of ether oxygens (including phenoxy) is 2. The molecule has 2 aromatic heterocycles. The van der Waals surface area contributed by atoms with E-state index in [1.54, 1.807) is 11.1 Å². The van der Waals surface area contributed by atoms with E-state index in [2.05, 4.69) is 14.5 Å². The molecule has 3 atom stereocenters. The van der Waals surface area contributed by atoms with Crippen LogP contribution >= 0.6 is 11.6 Å². The van der Waals surface area contributed by atoms with Gasteiger partial charge in [-0.2, -0.15) is 0 Å². The Balaban J connectivity index is 1.29. The van der Waals surface area contributed by atoms with Crippen molar-refractivity contribution in [3.8, 4) is 5.75 Å². The summed E-state index contributed by atoms with van der Waals surface area (Å²) in [5.74, 6) is 0.964. The minimum Gasteiger partial charge on any atom is -0.488 e. The lowest BCUT2D eigenvalue weighted by Crippen LogP contribution is -2.62. The fraction of sp³-hybridized carbons (Fsp3) is 0.500. The van der Waals surface area contributed by atoms with E-state index in [0.29, 0.717) is 56.0 Å². The van der Waals surface area contributed by atoms with Crippen LogP contribution in [0.1, 0.15) is 55.7 Å². The Labute approximate surface area is 257 Å². The molecule has 0 N–H and O–H groups in total. The van der Waals surface area contributed by atoms with Gasteiger partial charge in [-0.05, 0) is 58.2 Å². The van der Waals surface area contributed by atoms with Gasteiger partial charge in [0.25, 0.3) is 0 Å². The molecule has 1 aromatic carbocycles. The van der Waals surface area contributed by atoms with Gasteiger partial charge in [-0.3, -0.25) is 19.6 Å². The Hall–Kier alpha value is -3.63. The summed E-state index contributed by atoms with van der Waals surface area (Å²) in [5, 5.41) is 0.591. The quantitative estimate of drug-likeness (QED) is 0.425. The average molecular weight is 607 g/mol. The third kappa shape index (κ3) is 6.35. The first-order valence-corrected chi connectivity index (χ1v) is 15.3. The van der Waals surface area contributed by atoms with Gasteiger partial charge in [0, 0.05) is 67.8 Å². The Kier molecular flexibility index (Phi) is 8.08. The maximum Gasteiger partial charge on any atom is 0.411 e. The Morgan fingerprint density at radius 1 is 1.12 bits per heavy atom. The molecule has 2 amide bonds. The number of halogens is 1. The minimum absolute atomic E-state index is 0.0534. The third-order valence-corrected chi connectivity index (χ3v) is 8.59. The molecule has 228 valence electrons. The van der Waals surface area contributed by atoms with Crippen molar-refractivity contribution in [2.45, 2.75) is 65.0 Å². The number of benzene rings is 1. The van der Waals surface area contributed by atoms with Crippen LogP contribution in [0.25, 0.3) is 0 Å². The number of hydrogen-bond acceptors (Lipinski definition) is 7. The van der Waals surface area contributed by atoms with E-state index in [-0.39, 0.29) is 11.9 Å². The van der Waals surface area contributed by atoms with Crippen molar-refractivity contribution in [2.24, 2.45) is 5.92 Å². The highest BCUT2D eigenvalue weighted by atomic mass is 35.5. The lowest BCUT2D eigenvalue weighted by molar-refractivity contribution is -0.138. The highest BCUT2D eigenvalue weighted by molar-refractivity contribution is 6.30. The van der Waals surface area contributed by atoms with E-state index in [9.17, 15) is 9.59 Å². The van der Waals surface area contributed by atoms with Crippen molar-refractivity contribution in [1.82, 2.24) is 29.2 Å². The molecule has 0 radical (unpaired) electrons. The molecule has 0 saturated carbocycles. The SMILES string of the molecule is Cc1cn(C[C@@H]2CCN(C(=O)[C@@H]3CN([C@@H]4c5ccc(Cl)cc5OCc5cccnc54)CCN3C(=O)OC(C)(C)C)C2)cn1. The van der Waals surface area contributed by atoms with Gasteiger partial charge in [0.2, 0.25) is 5.91 Å². The monoisotopic (exact) mass is 606 g/mol. The van der Waals surface area contributed by atoms with Crippen molar-refractivity contribution in [3.63, 3.8) is 0 Å². The zero-order chi connectivity index (χ0) is 30.3. The first kappa shape index (κ1) is 29.4. The molecule has 0 unspecified atom stereocenters. The van der Waals surface area contributed by atoms with Gasteiger partial charge in [0.05, 0.1) is 23.8 Å². The van der Waals surface area contributed by atoms with E-state index >= 15 is 0 Å². The number of carbonyl (C=O) groups is 2. The molecule has 0 spiro atoms. The number of imidazole rings is 1. The molecular weight excluding hydrogens is 568 g/mol. The lowest BCUT2D eigenvalue weighted by Gasteiger charge is -2.44. The summed E-state index contributed by atoms with van der Waals surface area (Å²) < 4.78 is 14.1. The maximum absolute atomic E-state index is 14.3. The molecule has 5 heterocycles. The molecule has 6 rings (SSSR count). The van der Waals surface area contributed by atoms with Crippen LogP contribution in [0.4, 0.5) is 4.79 Å². The fourth-order valence-electron chi connectivity index (χ4n) is 6.40. The number of fused-ring (bicyclic) bond motifs is 2. The van der Waals surface area contributed by atoms with Gasteiger partial charge in [0.1, 0.15) is 24.0 Å². The standard InChI is InChI=1S/C32H39ClN6O4/c1-21-15-36(20-35-21)16-22-9-11-38(17-22)30(40)26-18-37(12-13-39(26)31(41)43-32(2,3)4)29-25-8-7-24(33)14-27(25)42-19-23-6-5-10-34-28(23)29/h5-8,10,14-15,20,22,26,29H,9,11-13,16-19H2,1-4H3/t22-,26-,29+/m0/s1. The molecule has 0 aliphatic carbocycles. The van der Waals surface area contributed by atoms with Crippen molar-refractivity contribution in [2.75, 3.05) is 32.7 Å². The van der Waals surface area contributed by atoms with Gasteiger partial charge in [-0.25, -0.2) is 9.78 Å². The third-order valence-electron chi connectivity index (χ3n) is 8.36. The Morgan fingerprint density at radius 2 is 1.95 bits per heavy atom. The summed E-state index contributed by atoms with van der Waals surface area (Å²) in [5.41, 5.74) is 3.11. The van der Waals surface area contributed by atoms with Crippen LogP contribution < -0.4 is 4.74 Å². The van der Waals surface area contributed by atoms with E-state index in [4.69, 9.17) is 26.1 Å². The summed E-state index contributed by atoms with van der Waals surface area (Å²) in [6.07, 6.45) is 6.10. The second-order valence-electron chi connectivity index (χ2n) is 12.8. The first-order chi connectivity index (χ1) is 20.6. The average Bonchev–Trinajstić information content (AvgIpc) is 3.56. The topological polar surface area (TPSA) is 93.0 Å². The molecule has 3 aromatic rings. The summed E-state index contributed by atoms with van der Waals surface area (Å²) >= 11 is 6.36. The maximum atomic E-state index is 14.3. The molecule has 10 nitrogen and oxygen atoms in total. The summed E-state index contributed by atoms with van der Waals surface area (Å²) in [4.78, 5) is 42.7. The predicted molar refractivity (Wildman–Crippen MR) is 162 cm³/mol. The number of carbonyl (C=O) groups excluding carboxylic acids is 2. The van der Waals surface area contributed by atoms with Crippen molar-refractivity contribution in [1.29, 1.82) is 0 Å². The highest BCUT2D eigenvalue weighted by Crippen LogP contribution is 2.41. The molecule has 11 heteroatoms. The fourth-order valence-corrected chi connectivity index (χ4v) is 6.56. The minimum atomic E-state index is -0.704. The van der Waals surface area contributed by atoms with Crippen LogP contribution in [0.2, 0.25) is 5.02 Å². The zero-order valence-electron chi connectivity index (χ0n) is 25.2. The first-order valence-electron chi connectivity index (χ1n) is 14.9. The van der Waals surface area contributed by atoms with Crippen molar-refractivity contribution in [3.05, 3.63) is 76.6 Å². The number of pyridine rings is 1. The number of hydrogen-bond donors (Lipinski definition) is 0. The summed E-state index contributed by atoms with van der Waals surface area (Å²) in [6.45, 7) is 11.2. The van der Waals surface area contributed by atoms with E-state index in [1.807, 2.05) is 75.5 Å². The van der Waals surface area contributed by atoms with Crippen molar-refractivity contribution < 1.29 is 19.1 Å². The van der Waals surface area contributed by atoms with Gasteiger partial charge in [-0.1, -0.05) is 23.7 Å². The van der Waals surface area contributed by atoms with Crippen LogP contribution in [-0.2, 0) is 22.7 Å². The summed E-state index contributed by atoms with van der Waals surface area (Å²) in [6, 6.07) is 8.63. The lowest BCUT2D eigenvalue weighted by atomic mass is 9.96. The number of nitrogens with zero attached hydrogens (tertiary/aromatic N) is 6. The molecular formula is C32H39ClN6O4. The number of aromatic nitrogens is 3. The molecule has 3 aliphatic rings. The van der Waals surface area contributed by atoms with Crippen LogP contribution in [-0.4, -0.2) is 85.6 Å². The van der Waals surface area contributed by atoms with Gasteiger partial charge in [0.15, 0.2) is 0 Å². The van der Waals surface area contributed by atoms with Crippen LogP contribution in [0.3, 0.4) is 0 Å². The predicted octanol–water partition coefficient (Wildman–Crippen LogP) is 4.69. The zero-order valence-corrected chi connectivity index (χ0v) is 26.0. The Morgan fingerprint density at radius 3 is 2.72 bits per heavy atom. The second kappa shape index (κ2) is 11.8. The molecule has 2 saturated heterocycles. The Bertz CT molecular complexity index is 1500.